The second-order valence-corrected chi connectivity index (χ2v) is 5.87. The fourth-order valence-corrected chi connectivity index (χ4v) is 3.14. The molecule has 2 N–H and O–H groups in total. The number of hydrogen-bond donors (Lipinski definition) is 2. The summed E-state index contributed by atoms with van der Waals surface area (Å²) in [6.45, 7) is 0. The van der Waals surface area contributed by atoms with E-state index in [0.717, 1.165) is 6.07 Å². The standard InChI is InChI=1S/C19H13F2N3O2/c20-12-9-14(21)18-16(10-12)24(15-2-1-7-22-19(15)18)13-5-3-11(4-6-13)8-17(25)23-26/h1-7,9-10,26H,8H2,(H,23,25). The molecule has 130 valence electrons. The topological polar surface area (TPSA) is 67.2 Å². The van der Waals surface area contributed by atoms with Gasteiger partial charge in [-0.25, -0.2) is 14.3 Å². The molecule has 0 aliphatic carbocycles. The van der Waals surface area contributed by atoms with Gasteiger partial charge < -0.3 is 4.57 Å². The predicted octanol–water partition coefficient (Wildman–Crippen LogP) is 3.50. The first-order valence-corrected chi connectivity index (χ1v) is 7.85. The highest BCUT2D eigenvalue weighted by molar-refractivity contribution is 6.07. The number of carbonyl (C=O) groups excluding carboxylic acids is 1. The van der Waals surface area contributed by atoms with Crippen molar-refractivity contribution in [1.82, 2.24) is 15.0 Å². The Morgan fingerprint density at radius 3 is 2.62 bits per heavy atom. The number of hydroxylamine groups is 1. The van der Waals surface area contributed by atoms with Gasteiger partial charge in [0.25, 0.3) is 0 Å². The lowest BCUT2D eigenvalue weighted by molar-refractivity contribution is -0.128. The van der Waals surface area contributed by atoms with Gasteiger partial charge >= 0.3 is 0 Å². The summed E-state index contributed by atoms with van der Waals surface area (Å²) in [5.74, 6) is -1.86. The molecular weight excluding hydrogens is 340 g/mol. The molecule has 0 atom stereocenters. The molecule has 0 unspecified atom stereocenters. The zero-order chi connectivity index (χ0) is 18.3. The van der Waals surface area contributed by atoms with Crippen LogP contribution in [0.4, 0.5) is 8.78 Å². The van der Waals surface area contributed by atoms with E-state index >= 15 is 0 Å². The minimum absolute atomic E-state index is 0.0226. The Kier molecular flexibility index (Phi) is 3.85. The second kappa shape index (κ2) is 6.20. The van der Waals surface area contributed by atoms with Crippen LogP contribution in [0.15, 0.2) is 54.7 Å². The molecule has 4 aromatic rings. The molecule has 0 spiro atoms. The van der Waals surface area contributed by atoms with Crippen molar-refractivity contribution >= 4 is 27.8 Å². The Morgan fingerprint density at radius 1 is 1.12 bits per heavy atom. The van der Waals surface area contributed by atoms with Gasteiger partial charge in [-0.3, -0.25) is 15.0 Å². The number of pyridine rings is 1. The highest BCUT2D eigenvalue weighted by atomic mass is 19.1. The average molecular weight is 353 g/mol. The van der Waals surface area contributed by atoms with Gasteiger partial charge in [0.1, 0.15) is 11.6 Å². The molecule has 0 saturated heterocycles. The van der Waals surface area contributed by atoms with Gasteiger partial charge in [-0.05, 0) is 35.9 Å². The van der Waals surface area contributed by atoms with Crippen molar-refractivity contribution in [3.63, 3.8) is 0 Å². The summed E-state index contributed by atoms with van der Waals surface area (Å²) < 4.78 is 29.9. The Labute approximate surface area is 146 Å². The molecule has 0 aliphatic heterocycles. The van der Waals surface area contributed by atoms with E-state index in [1.807, 2.05) is 0 Å². The molecule has 0 aliphatic rings. The molecule has 0 bridgehead atoms. The zero-order valence-electron chi connectivity index (χ0n) is 13.4. The molecule has 7 heteroatoms. The van der Waals surface area contributed by atoms with Crippen molar-refractivity contribution in [2.45, 2.75) is 6.42 Å². The Balaban J connectivity index is 1.94. The maximum absolute atomic E-state index is 14.4. The summed E-state index contributed by atoms with van der Waals surface area (Å²) in [5, 5.41) is 8.86. The Hall–Kier alpha value is -3.32. The summed E-state index contributed by atoms with van der Waals surface area (Å²) in [4.78, 5) is 15.5. The van der Waals surface area contributed by atoms with Gasteiger partial charge in [0.15, 0.2) is 0 Å². The van der Waals surface area contributed by atoms with Crippen LogP contribution in [-0.2, 0) is 11.2 Å². The van der Waals surface area contributed by atoms with Crippen LogP contribution in [-0.4, -0.2) is 20.7 Å². The van der Waals surface area contributed by atoms with E-state index in [9.17, 15) is 13.6 Å². The van der Waals surface area contributed by atoms with Crippen molar-refractivity contribution in [3.8, 4) is 5.69 Å². The van der Waals surface area contributed by atoms with Gasteiger partial charge in [0.2, 0.25) is 5.91 Å². The van der Waals surface area contributed by atoms with Crippen LogP contribution < -0.4 is 5.48 Å². The zero-order valence-corrected chi connectivity index (χ0v) is 13.4. The number of carbonyl (C=O) groups is 1. The molecule has 5 nitrogen and oxygen atoms in total. The van der Waals surface area contributed by atoms with Crippen molar-refractivity contribution in [2.75, 3.05) is 0 Å². The number of rotatable bonds is 3. The lowest BCUT2D eigenvalue weighted by Crippen LogP contribution is -2.20. The Morgan fingerprint density at radius 2 is 1.88 bits per heavy atom. The van der Waals surface area contributed by atoms with Crippen LogP contribution in [0.25, 0.3) is 27.6 Å². The first-order valence-electron chi connectivity index (χ1n) is 7.85. The van der Waals surface area contributed by atoms with Crippen LogP contribution in [0.1, 0.15) is 5.56 Å². The predicted molar refractivity (Wildman–Crippen MR) is 92.1 cm³/mol. The minimum atomic E-state index is -0.671. The largest absolute Gasteiger partial charge is 0.307 e. The molecule has 4 rings (SSSR count). The highest BCUT2D eigenvalue weighted by Crippen LogP contribution is 2.33. The van der Waals surface area contributed by atoms with Crippen molar-refractivity contribution in [2.24, 2.45) is 0 Å². The van der Waals surface area contributed by atoms with E-state index in [-0.39, 0.29) is 11.8 Å². The molecule has 0 saturated carbocycles. The number of hydrogen-bond acceptors (Lipinski definition) is 3. The van der Waals surface area contributed by atoms with Crippen LogP contribution in [0.3, 0.4) is 0 Å². The molecule has 0 fully saturated rings. The maximum atomic E-state index is 14.4. The van der Waals surface area contributed by atoms with Crippen LogP contribution in [0.2, 0.25) is 0 Å². The third-order valence-electron chi connectivity index (χ3n) is 4.22. The van der Waals surface area contributed by atoms with E-state index < -0.39 is 17.5 Å². The van der Waals surface area contributed by atoms with Crippen molar-refractivity contribution in [1.29, 1.82) is 0 Å². The molecule has 2 aromatic heterocycles. The summed E-state index contributed by atoms with van der Waals surface area (Å²) in [6, 6.07) is 12.6. The normalized spacial score (nSPS) is 11.2. The van der Waals surface area contributed by atoms with E-state index in [4.69, 9.17) is 5.21 Å². The second-order valence-electron chi connectivity index (χ2n) is 5.87. The smallest absolute Gasteiger partial charge is 0.247 e. The third-order valence-corrected chi connectivity index (χ3v) is 4.22. The average Bonchev–Trinajstić information content (AvgIpc) is 2.96. The third kappa shape index (κ3) is 2.58. The molecule has 2 aromatic carbocycles. The fourth-order valence-electron chi connectivity index (χ4n) is 3.14. The first-order chi connectivity index (χ1) is 12.6. The highest BCUT2D eigenvalue weighted by Gasteiger charge is 2.17. The summed E-state index contributed by atoms with van der Waals surface area (Å²) in [6.07, 6.45) is 1.58. The van der Waals surface area contributed by atoms with Gasteiger partial charge in [-0.15, -0.1) is 0 Å². The minimum Gasteiger partial charge on any atom is -0.307 e. The number of benzene rings is 2. The van der Waals surface area contributed by atoms with Gasteiger partial charge in [-0.1, -0.05) is 12.1 Å². The van der Waals surface area contributed by atoms with Crippen LogP contribution in [0, 0.1) is 11.6 Å². The fraction of sp³-hybridized carbons (Fsp3) is 0.0526. The van der Waals surface area contributed by atoms with Crippen LogP contribution >= 0.6 is 0 Å². The lowest BCUT2D eigenvalue weighted by Gasteiger charge is -2.09. The van der Waals surface area contributed by atoms with E-state index in [1.54, 1.807) is 52.6 Å². The van der Waals surface area contributed by atoms with Crippen LogP contribution in [0.5, 0.6) is 0 Å². The first kappa shape index (κ1) is 16.2. The van der Waals surface area contributed by atoms with Crippen molar-refractivity contribution < 1.29 is 18.8 Å². The quantitative estimate of drug-likeness (QED) is 0.438. The summed E-state index contributed by atoms with van der Waals surface area (Å²) in [7, 11) is 0. The maximum Gasteiger partial charge on any atom is 0.247 e. The molecule has 0 radical (unpaired) electrons. The van der Waals surface area contributed by atoms with E-state index in [1.165, 1.54) is 6.07 Å². The van der Waals surface area contributed by atoms with Gasteiger partial charge in [0, 0.05) is 18.0 Å². The van der Waals surface area contributed by atoms with Gasteiger partial charge in [0.05, 0.1) is 28.4 Å². The van der Waals surface area contributed by atoms with E-state index in [2.05, 4.69) is 4.98 Å². The number of nitrogens with zero attached hydrogens (tertiary/aromatic N) is 2. The number of fused-ring (bicyclic) bond motifs is 3. The lowest BCUT2D eigenvalue weighted by atomic mass is 10.1. The molecular formula is C19H13F2N3O2. The number of amides is 1. The molecule has 2 heterocycles. The molecule has 1 amide bonds. The van der Waals surface area contributed by atoms with E-state index in [0.29, 0.717) is 27.8 Å². The number of halogens is 2. The summed E-state index contributed by atoms with van der Waals surface area (Å²) >= 11 is 0. The summed E-state index contributed by atoms with van der Waals surface area (Å²) in [5.41, 5.74) is 4.42. The van der Waals surface area contributed by atoms with Gasteiger partial charge in [-0.2, -0.15) is 0 Å². The van der Waals surface area contributed by atoms with Crippen molar-refractivity contribution in [3.05, 3.63) is 71.9 Å². The monoisotopic (exact) mass is 353 g/mol. The SMILES string of the molecule is O=C(Cc1ccc(-n2c3cccnc3c3c(F)cc(F)cc32)cc1)NO. The Bertz CT molecular complexity index is 1140. The molecule has 26 heavy (non-hydrogen) atoms. The number of aromatic nitrogens is 2. The number of nitrogens with one attached hydrogen (secondary N) is 1.